The number of anilines is 1. The maximum absolute atomic E-state index is 5.41. The highest BCUT2D eigenvalue weighted by molar-refractivity contribution is 8.00. The van der Waals surface area contributed by atoms with Crippen LogP contribution in [0.25, 0.3) is 0 Å². The van der Waals surface area contributed by atoms with Crippen LogP contribution in [-0.4, -0.2) is 34.4 Å². The van der Waals surface area contributed by atoms with Crippen LogP contribution in [-0.2, 0) is 4.74 Å². The highest BCUT2D eigenvalue weighted by Crippen LogP contribution is 2.43. The summed E-state index contributed by atoms with van der Waals surface area (Å²) < 4.78 is 12.8. The molecule has 0 spiro atoms. The zero-order valence-electron chi connectivity index (χ0n) is 14.4. The van der Waals surface area contributed by atoms with Gasteiger partial charge in [0, 0.05) is 25.7 Å². The van der Waals surface area contributed by atoms with E-state index < -0.39 is 0 Å². The molecular formula is C19H24N2O2S. The van der Waals surface area contributed by atoms with E-state index in [1.54, 1.807) is 26.2 Å². The van der Waals surface area contributed by atoms with Crippen molar-refractivity contribution in [2.45, 2.75) is 17.4 Å². The van der Waals surface area contributed by atoms with Gasteiger partial charge in [-0.05, 0) is 54.2 Å². The molecule has 1 N–H and O–H groups in total. The van der Waals surface area contributed by atoms with E-state index in [0.717, 1.165) is 25.3 Å². The molecule has 1 heterocycles. The molecular weight excluding hydrogens is 320 g/mol. The normalized spacial score (nSPS) is 16.3. The van der Waals surface area contributed by atoms with Crippen molar-refractivity contribution in [1.29, 1.82) is 0 Å². The number of hydrogen-bond acceptors (Lipinski definition) is 5. The molecule has 1 aliphatic heterocycles. The van der Waals surface area contributed by atoms with Crippen molar-refractivity contribution < 1.29 is 9.47 Å². The van der Waals surface area contributed by atoms with Crippen LogP contribution in [0.3, 0.4) is 0 Å². The monoisotopic (exact) mass is 344 g/mol. The van der Waals surface area contributed by atoms with Crippen molar-refractivity contribution in [3.05, 3.63) is 53.6 Å². The summed E-state index contributed by atoms with van der Waals surface area (Å²) in [7, 11) is 5.57. The van der Waals surface area contributed by atoms with Crippen LogP contribution in [0.4, 0.5) is 5.69 Å². The van der Waals surface area contributed by atoms with Crippen LogP contribution >= 0.6 is 11.9 Å². The smallest absolute Gasteiger partial charge is 0.120 e. The predicted molar refractivity (Wildman–Crippen MR) is 100 cm³/mol. The zero-order valence-corrected chi connectivity index (χ0v) is 15.2. The molecule has 0 fully saturated rings. The number of nitrogens with zero attached hydrogens (tertiary/aromatic N) is 1. The first kappa shape index (κ1) is 17.1. The molecule has 2 aromatic carbocycles. The SMILES string of the molecule is COCCCNC1c2ccc(OC)cc2SN(C)c2ccccc21. The average Bonchev–Trinajstić information content (AvgIpc) is 2.73. The van der Waals surface area contributed by atoms with Crippen LogP contribution in [0.2, 0.25) is 0 Å². The Morgan fingerprint density at radius 2 is 1.96 bits per heavy atom. The Morgan fingerprint density at radius 3 is 2.75 bits per heavy atom. The summed E-state index contributed by atoms with van der Waals surface area (Å²) in [5.41, 5.74) is 3.82. The van der Waals surface area contributed by atoms with Gasteiger partial charge in [-0.15, -0.1) is 0 Å². The maximum atomic E-state index is 5.41. The van der Waals surface area contributed by atoms with Gasteiger partial charge in [0.2, 0.25) is 0 Å². The van der Waals surface area contributed by atoms with Crippen molar-refractivity contribution in [3.8, 4) is 5.75 Å². The fourth-order valence-corrected chi connectivity index (χ4v) is 4.04. The summed E-state index contributed by atoms with van der Waals surface area (Å²) in [6.45, 7) is 1.68. The first-order valence-corrected chi connectivity index (χ1v) is 8.93. The topological polar surface area (TPSA) is 33.7 Å². The van der Waals surface area contributed by atoms with Crippen molar-refractivity contribution in [2.75, 3.05) is 38.7 Å². The standard InChI is InChI=1S/C19H24N2O2S/c1-21-17-8-5-4-7-15(17)19(20-11-6-12-22-2)16-10-9-14(23-3)13-18(16)24-21/h4-5,7-10,13,19-20H,6,11-12H2,1-3H3. The second-order valence-electron chi connectivity index (χ2n) is 5.78. The van der Waals surface area contributed by atoms with E-state index in [1.807, 2.05) is 6.07 Å². The van der Waals surface area contributed by atoms with E-state index in [4.69, 9.17) is 9.47 Å². The lowest BCUT2D eigenvalue weighted by atomic mass is 9.96. The largest absolute Gasteiger partial charge is 0.497 e. The highest BCUT2D eigenvalue weighted by atomic mass is 32.2. The summed E-state index contributed by atoms with van der Waals surface area (Å²) in [4.78, 5) is 1.22. The molecule has 0 aliphatic carbocycles. The first-order valence-electron chi connectivity index (χ1n) is 8.15. The fourth-order valence-electron chi connectivity index (χ4n) is 3.02. The summed E-state index contributed by atoms with van der Waals surface area (Å²) in [6.07, 6.45) is 0.990. The molecule has 5 heteroatoms. The summed E-state index contributed by atoms with van der Waals surface area (Å²) in [6, 6.07) is 15.1. The lowest BCUT2D eigenvalue weighted by Gasteiger charge is -2.22. The maximum Gasteiger partial charge on any atom is 0.120 e. The Balaban J connectivity index is 1.99. The minimum absolute atomic E-state index is 0.163. The molecule has 1 unspecified atom stereocenters. The molecule has 0 radical (unpaired) electrons. The molecule has 0 saturated heterocycles. The van der Waals surface area contributed by atoms with Gasteiger partial charge in [0.25, 0.3) is 0 Å². The molecule has 2 aromatic rings. The molecule has 24 heavy (non-hydrogen) atoms. The van der Waals surface area contributed by atoms with Crippen LogP contribution in [0.5, 0.6) is 5.75 Å². The van der Waals surface area contributed by atoms with Crippen LogP contribution < -0.4 is 14.4 Å². The third kappa shape index (κ3) is 3.53. The van der Waals surface area contributed by atoms with Crippen LogP contribution in [0.15, 0.2) is 47.4 Å². The zero-order chi connectivity index (χ0) is 16.9. The third-order valence-electron chi connectivity index (χ3n) is 4.23. The molecule has 0 bridgehead atoms. The van der Waals surface area contributed by atoms with E-state index in [2.05, 4.69) is 53.1 Å². The number of ether oxygens (including phenoxy) is 2. The highest BCUT2D eigenvalue weighted by Gasteiger charge is 2.26. The lowest BCUT2D eigenvalue weighted by Crippen LogP contribution is -2.25. The minimum Gasteiger partial charge on any atom is -0.497 e. The first-order chi connectivity index (χ1) is 11.7. The van der Waals surface area contributed by atoms with Gasteiger partial charge in [-0.1, -0.05) is 24.3 Å². The molecule has 1 atom stereocenters. The van der Waals surface area contributed by atoms with Gasteiger partial charge in [-0.2, -0.15) is 0 Å². The van der Waals surface area contributed by atoms with E-state index >= 15 is 0 Å². The Morgan fingerprint density at radius 1 is 1.12 bits per heavy atom. The van der Waals surface area contributed by atoms with Crippen molar-refractivity contribution in [2.24, 2.45) is 0 Å². The van der Waals surface area contributed by atoms with Gasteiger partial charge in [0.05, 0.1) is 18.8 Å². The number of para-hydroxylation sites is 1. The van der Waals surface area contributed by atoms with Gasteiger partial charge >= 0.3 is 0 Å². The minimum atomic E-state index is 0.163. The van der Waals surface area contributed by atoms with Gasteiger partial charge in [-0.25, -0.2) is 0 Å². The van der Waals surface area contributed by atoms with E-state index in [-0.39, 0.29) is 6.04 Å². The van der Waals surface area contributed by atoms with Crippen molar-refractivity contribution in [1.82, 2.24) is 5.32 Å². The fraction of sp³-hybridized carbons (Fsp3) is 0.368. The quantitative estimate of drug-likeness (QED) is 0.635. The number of fused-ring (bicyclic) bond motifs is 2. The Hall–Kier alpha value is -1.69. The van der Waals surface area contributed by atoms with E-state index in [9.17, 15) is 0 Å². The Bertz CT molecular complexity index is 693. The molecule has 1 aliphatic rings. The Kier molecular flexibility index (Phi) is 5.66. The molecule has 128 valence electrons. The molecule has 0 saturated carbocycles. The Labute approximate surface area is 148 Å². The number of nitrogens with one attached hydrogen (secondary N) is 1. The number of benzene rings is 2. The number of methoxy groups -OCH3 is 2. The van der Waals surface area contributed by atoms with Gasteiger partial charge in [0.15, 0.2) is 0 Å². The summed E-state index contributed by atoms with van der Waals surface area (Å²) in [5, 5.41) is 3.71. The van der Waals surface area contributed by atoms with Gasteiger partial charge in [-0.3, -0.25) is 0 Å². The molecule has 3 rings (SSSR count). The van der Waals surface area contributed by atoms with Crippen molar-refractivity contribution >= 4 is 17.6 Å². The number of hydrogen-bond donors (Lipinski definition) is 1. The van der Waals surface area contributed by atoms with Crippen LogP contribution in [0, 0.1) is 0 Å². The van der Waals surface area contributed by atoms with Crippen molar-refractivity contribution in [3.63, 3.8) is 0 Å². The second-order valence-corrected chi connectivity index (χ2v) is 6.95. The van der Waals surface area contributed by atoms with Gasteiger partial charge < -0.3 is 19.1 Å². The molecule has 4 nitrogen and oxygen atoms in total. The molecule has 0 aromatic heterocycles. The predicted octanol–water partition coefficient (Wildman–Crippen LogP) is 3.87. The third-order valence-corrected chi connectivity index (χ3v) is 5.25. The summed E-state index contributed by atoms with van der Waals surface area (Å²) >= 11 is 1.74. The number of rotatable bonds is 6. The van der Waals surface area contributed by atoms with Crippen LogP contribution in [0.1, 0.15) is 23.6 Å². The van der Waals surface area contributed by atoms with E-state index in [0.29, 0.717) is 0 Å². The van der Waals surface area contributed by atoms with Gasteiger partial charge in [0.1, 0.15) is 5.75 Å². The molecule has 0 amide bonds. The van der Waals surface area contributed by atoms with E-state index in [1.165, 1.54) is 21.7 Å². The lowest BCUT2D eigenvalue weighted by molar-refractivity contribution is 0.193. The average molecular weight is 344 g/mol. The summed E-state index contributed by atoms with van der Waals surface area (Å²) in [5.74, 6) is 0.888. The second kappa shape index (κ2) is 7.92.